The third-order valence-corrected chi connectivity index (χ3v) is 4.66. The van der Waals surface area contributed by atoms with Gasteiger partial charge in [-0.25, -0.2) is 5.84 Å². The second-order valence-corrected chi connectivity index (χ2v) is 7.31. The molecule has 0 unspecified atom stereocenters. The van der Waals surface area contributed by atoms with E-state index in [-0.39, 0.29) is 29.7 Å². The van der Waals surface area contributed by atoms with E-state index >= 15 is 0 Å². The first-order valence-corrected chi connectivity index (χ1v) is 7.48. The Morgan fingerprint density at radius 3 is 2.48 bits per heavy atom. The number of piperidine rings is 1. The van der Waals surface area contributed by atoms with Crippen molar-refractivity contribution in [1.82, 2.24) is 10.3 Å². The molecule has 1 fully saturated rings. The van der Waals surface area contributed by atoms with Crippen LogP contribution in [-0.2, 0) is 16.1 Å². The Labute approximate surface area is 127 Å². The average Bonchev–Trinajstić information content (AvgIpc) is 2.73. The number of carbonyl (C=O) groups excluding carboxylic acids is 3. The van der Waals surface area contributed by atoms with Crippen LogP contribution in [0.3, 0.4) is 0 Å². The largest absolute Gasteiger partial charge is 0.289 e. The quantitative estimate of drug-likeness (QED) is 0.381. The summed E-state index contributed by atoms with van der Waals surface area (Å²) in [5, 5.41) is 0. The van der Waals surface area contributed by atoms with Crippen molar-refractivity contribution in [3.63, 3.8) is 0 Å². The highest BCUT2D eigenvalue weighted by Gasteiger charge is 2.37. The summed E-state index contributed by atoms with van der Waals surface area (Å²) in [4.78, 5) is 38.5. The van der Waals surface area contributed by atoms with Crippen LogP contribution in [0.4, 0.5) is 0 Å². The number of amides is 3. The highest BCUT2D eigenvalue weighted by molar-refractivity contribution is 7.14. The van der Waals surface area contributed by atoms with E-state index in [1.54, 1.807) is 6.07 Å². The summed E-state index contributed by atoms with van der Waals surface area (Å²) in [7, 11) is 0. The van der Waals surface area contributed by atoms with Crippen molar-refractivity contribution < 1.29 is 14.4 Å². The first-order valence-electron chi connectivity index (χ1n) is 6.67. The van der Waals surface area contributed by atoms with E-state index in [1.807, 2.05) is 20.8 Å². The molecule has 1 aromatic rings. The lowest BCUT2D eigenvalue weighted by atomic mass is 9.81. The standard InChI is InChI=1S/C14H19N3O3S/c1-8-9(4-10(21-8)13(20)16-15)7-17-11(18)5-14(2,3)6-12(17)19/h4H,5-7,15H2,1-3H3,(H,16,20). The van der Waals surface area contributed by atoms with Gasteiger partial charge in [-0.05, 0) is 24.0 Å². The number of nitrogen functional groups attached to an aromatic ring is 1. The van der Waals surface area contributed by atoms with Gasteiger partial charge in [0.25, 0.3) is 5.91 Å². The van der Waals surface area contributed by atoms with Crippen molar-refractivity contribution in [3.05, 3.63) is 21.4 Å². The van der Waals surface area contributed by atoms with Crippen molar-refractivity contribution in [3.8, 4) is 0 Å². The van der Waals surface area contributed by atoms with Crippen molar-refractivity contribution in [1.29, 1.82) is 0 Å². The van der Waals surface area contributed by atoms with Gasteiger partial charge in [-0.2, -0.15) is 0 Å². The molecule has 1 saturated heterocycles. The van der Waals surface area contributed by atoms with Gasteiger partial charge < -0.3 is 0 Å². The minimum Gasteiger partial charge on any atom is -0.289 e. The number of likely N-dealkylation sites (tertiary alicyclic amines) is 1. The van der Waals surface area contributed by atoms with Crippen molar-refractivity contribution in [2.45, 2.75) is 40.2 Å². The maximum atomic E-state index is 12.1. The molecule has 0 aliphatic carbocycles. The Bertz CT molecular complexity index is 587. The first kappa shape index (κ1) is 15.7. The fourth-order valence-electron chi connectivity index (χ4n) is 2.42. The summed E-state index contributed by atoms with van der Waals surface area (Å²) in [5.74, 6) is 4.42. The van der Waals surface area contributed by atoms with Crippen LogP contribution in [0.25, 0.3) is 0 Å². The highest BCUT2D eigenvalue weighted by Crippen LogP contribution is 2.33. The van der Waals surface area contributed by atoms with Gasteiger partial charge in [0.15, 0.2) is 0 Å². The number of hydrogen-bond donors (Lipinski definition) is 2. The monoisotopic (exact) mass is 309 g/mol. The van der Waals surface area contributed by atoms with Crippen LogP contribution in [0, 0.1) is 12.3 Å². The lowest BCUT2D eigenvalue weighted by molar-refractivity contribution is -0.153. The fraction of sp³-hybridized carbons (Fsp3) is 0.500. The minimum atomic E-state index is -0.369. The van der Waals surface area contributed by atoms with Crippen molar-refractivity contribution >= 4 is 29.1 Å². The number of nitrogens with two attached hydrogens (primary N) is 1. The molecule has 0 saturated carbocycles. The van der Waals surface area contributed by atoms with Gasteiger partial charge in [-0.3, -0.25) is 24.7 Å². The molecule has 0 radical (unpaired) electrons. The Morgan fingerprint density at radius 1 is 1.38 bits per heavy atom. The topological polar surface area (TPSA) is 92.5 Å². The molecule has 0 aromatic carbocycles. The molecule has 7 heteroatoms. The molecule has 0 bridgehead atoms. The number of thiophene rings is 1. The third kappa shape index (κ3) is 3.30. The van der Waals surface area contributed by atoms with Gasteiger partial charge >= 0.3 is 0 Å². The predicted octanol–water partition coefficient (Wildman–Crippen LogP) is 1.34. The van der Waals surface area contributed by atoms with Crippen LogP contribution in [0.5, 0.6) is 0 Å². The third-order valence-electron chi connectivity index (χ3n) is 3.57. The lowest BCUT2D eigenvalue weighted by Gasteiger charge is -2.34. The van der Waals surface area contributed by atoms with Gasteiger partial charge in [0, 0.05) is 17.7 Å². The molecule has 3 amide bonds. The Hall–Kier alpha value is -1.73. The van der Waals surface area contributed by atoms with Gasteiger partial charge in [0.2, 0.25) is 11.8 Å². The molecule has 6 nitrogen and oxygen atoms in total. The summed E-state index contributed by atoms with van der Waals surface area (Å²) < 4.78 is 0. The summed E-state index contributed by atoms with van der Waals surface area (Å²) in [6.07, 6.45) is 0.718. The zero-order valence-corrected chi connectivity index (χ0v) is 13.2. The summed E-state index contributed by atoms with van der Waals surface area (Å²) >= 11 is 1.30. The minimum absolute atomic E-state index is 0.160. The molecule has 1 aromatic heterocycles. The number of hydrogen-bond acceptors (Lipinski definition) is 5. The second-order valence-electron chi connectivity index (χ2n) is 6.06. The molecular formula is C14H19N3O3S. The number of carbonyl (C=O) groups is 3. The number of rotatable bonds is 3. The van der Waals surface area contributed by atoms with Crippen LogP contribution in [0.1, 0.15) is 46.8 Å². The summed E-state index contributed by atoms with van der Waals surface area (Å²) in [6, 6.07) is 1.68. The normalized spacial score (nSPS) is 18.0. The summed E-state index contributed by atoms with van der Waals surface area (Å²) in [6.45, 7) is 5.91. The predicted molar refractivity (Wildman–Crippen MR) is 79.3 cm³/mol. The SMILES string of the molecule is Cc1sc(C(=O)NN)cc1CN1C(=O)CC(C)(C)CC1=O. The molecule has 114 valence electrons. The summed E-state index contributed by atoms with van der Waals surface area (Å²) in [5.41, 5.74) is 2.60. The number of hydrazine groups is 1. The van der Waals surface area contributed by atoms with E-state index < -0.39 is 0 Å². The van der Waals surface area contributed by atoms with E-state index in [2.05, 4.69) is 5.43 Å². The Balaban J connectivity index is 2.18. The van der Waals surface area contributed by atoms with Gasteiger partial charge in [0.1, 0.15) is 0 Å². The van der Waals surface area contributed by atoms with Crippen LogP contribution in [0.2, 0.25) is 0 Å². The number of imide groups is 1. The zero-order valence-electron chi connectivity index (χ0n) is 12.4. The number of nitrogens with zero attached hydrogens (tertiary/aromatic N) is 1. The number of nitrogens with one attached hydrogen (secondary N) is 1. The molecule has 21 heavy (non-hydrogen) atoms. The molecule has 0 atom stereocenters. The van der Waals surface area contributed by atoms with Crippen molar-refractivity contribution in [2.75, 3.05) is 0 Å². The molecule has 0 spiro atoms. The highest BCUT2D eigenvalue weighted by atomic mass is 32.1. The first-order chi connectivity index (χ1) is 9.73. The average molecular weight is 309 g/mol. The van der Waals surface area contributed by atoms with Gasteiger partial charge in [0.05, 0.1) is 11.4 Å². The van der Waals surface area contributed by atoms with E-state index in [1.165, 1.54) is 16.2 Å². The van der Waals surface area contributed by atoms with E-state index in [9.17, 15) is 14.4 Å². The second kappa shape index (κ2) is 5.57. The molecule has 1 aliphatic rings. The van der Waals surface area contributed by atoms with Crippen LogP contribution in [0.15, 0.2) is 6.07 Å². The molecule has 1 aliphatic heterocycles. The lowest BCUT2D eigenvalue weighted by Crippen LogP contribution is -2.45. The molecule has 2 rings (SSSR count). The Morgan fingerprint density at radius 2 is 1.95 bits per heavy atom. The van der Waals surface area contributed by atoms with E-state index in [0.29, 0.717) is 17.7 Å². The maximum absolute atomic E-state index is 12.1. The zero-order chi connectivity index (χ0) is 15.8. The van der Waals surface area contributed by atoms with E-state index in [0.717, 1.165) is 10.4 Å². The Kier molecular flexibility index (Phi) is 4.15. The van der Waals surface area contributed by atoms with Gasteiger partial charge in [-0.1, -0.05) is 13.8 Å². The maximum Gasteiger partial charge on any atom is 0.275 e. The number of aryl methyl sites for hydroxylation is 1. The van der Waals surface area contributed by atoms with Crippen LogP contribution < -0.4 is 11.3 Å². The van der Waals surface area contributed by atoms with Crippen molar-refractivity contribution in [2.24, 2.45) is 11.3 Å². The molecule has 3 N–H and O–H groups in total. The van der Waals surface area contributed by atoms with E-state index in [4.69, 9.17) is 5.84 Å². The molecular weight excluding hydrogens is 290 g/mol. The molecule has 2 heterocycles. The van der Waals surface area contributed by atoms with Crippen LogP contribution in [-0.4, -0.2) is 22.6 Å². The fourth-order valence-corrected chi connectivity index (χ4v) is 3.35. The smallest absolute Gasteiger partial charge is 0.275 e. The van der Waals surface area contributed by atoms with Crippen LogP contribution >= 0.6 is 11.3 Å². The van der Waals surface area contributed by atoms with Gasteiger partial charge in [-0.15, -0.1) is 11.3 Å².